The SMILES string of the molecule is CCCC[N+](CCO)(CCO)CC(O)CCCCCCCCC(C)OC(=O)[O-]. The first kappa shape index (κ1) is 27.1. The van der Waals surface area contributed by atoms with Crippen LogP contribution >= 0.6 is 0 Å². The molecule has 0 aliphatic heterocycles. The van der Waals surface area contributed by atoms with Gasteiger partial charge in [0.25, 0.3) is 6.16 Å². The van der Waals surface area contributed by atoms with Crippen molar-refractivity contribution in [2.75, 3.05) is 39.4 Å². The Morgan fingerprint density at radius 3 is 1.96 bits per heavy atom. The molecule has 0 saturated carbocycles. The Bertz CT molecular complexity index is 374. The second-order valence-corrected chi connectivity index (χ2v) is 8.03. The molecule has 2 unspecified atom stereocenters. The molecule has 0 radical (unpaired) electrons. The summed E-state index contributed by atoms with van der Waals surface area (Å²) in [5.74, 6) is 0. The first-order valence-corrected chi connectivity index (χ1v) is 11.0. The fraction of sp³-hybridized carbons (Fsp3) is 0.952. The van der Waals surface area contributed by atoms with E-state index in [4.69, 9.17) is 0 Å². The standard InChI is InChI=1S/C21H43NO6/c1-3-4-13-22(14-16-23,15-17-24)18-20(25)12-10-8-6-5-7-9-11-19(2)28-21(26)27/h19-20,23-25H,3-18H2,1-2H3. The fourth-order valence-electron chi connectivity index (χ4n) is 3.81. The van der Waals surface area contributed by atoms with E-state index in [9.17, 15) is 25.2 Å². The zero-order valence-corrected chi connectivity index (χ0v) is 18.0. The molecule has 0 spiro atoms. The number of carbonyl (C=O) groups is 1. The molecule has 0 aliphatic carbocycles. The highest BCUT2D eigenvalue weighted by molar-refractivity contribution is 5.54. The molecule has 0 amide bonds. The van der Waals surface area contributed by atoms with Crippen LogP contribution in [0.5, 0.6) is 0 Å². The highest BCUT2D eigenvalue weighted by Gasteiger charge is 2.28. The summed E-state index contributed by atoms with van der Waals surface area (Å²) in [6.07, 6.45) is 7.62. The van der Waals surface area contributed by atoms with Crippen molar-refractivity contribution in [2.45, 2.75) is 90.3 Å². The lowest BCUT2D eigenvalue weighted by Gasteiger charge is -2.39. The van der Waals surface area contributed by atoms with Crippen LogP contribution < -0.4 is 5.11 Å². The van der Waals surface area contributed by atoms with Crippen molar-refractivity contribution >= 4 is 6.16 Å². The second kappa shape index (κ2) is 17.0. The lowest BCUT2D eigenvalue weighted by molar-refractivity contribution is -0.931. The van der Waals surface area contributed by atoms with Gasteiger partial charge in [0.05, 0.1) is 19.8 Å². The van der Waals surface area contributed by atoms with Gasteiger partial charge >= 0.3 is 0 Å². The summed E-state index contributed by atoms with van der Waals surface area (Å²) in [7, 11) is 0. The molecule has 28 heavy (non-hydrogen) atoms. The van der Waals surface area contributed by atoms with Crippen LogP contribution in [-0.2, 0) is 4.74 Å². The molecule has 0 rings (SSSR count). The zero-order valence-electron chi connectivity index (χ0n) is 18.0. The maximum atomic E-state index is 10.5. The highest BCUT2D eigenvalue weighted by Crippen LogP contribution is 2.16. The van der Waals surface area contributed by atoms with Crippen molar-refractivity contribution in [3.05, 3.63) is 0 Å². The van der Waals surface area contributed by atoms with Crippen molar-refractivity contribution in [2.24, 2.45) is 0 Å². The van der Waals surface area contributed by atoms with Gasteiger partial charge in [-0.05, 0) is 26.2 Å². The molecule has 2 atom stereocenters. The maximum Gasteiger partial charge on any atom is 0.252 e. The molecule has 0 fully saturated rings. The average molecular weight is 406 g/mol. The Morgan fingerprint density at radius 2 is 1.46 bits per heavy atom. The van der Waals surface area contributed by atoms with E-state index < -0.39 is 12.3 Å². The van der Waals surface area contributed by atoms with Gasteiger partial charge in [-0.15, -0.1) is 0 Å². The highest BCUT2D eigenvalue weighted by atomic mass is 16.7. The van der Waals surface area contributed by atoms with Crippen LogP contribution in [0.1, 0.15) is 78.1 Å². The van der Waals surface area contributed by atoms with Crippen LogP contribution in [0.25, 0.3) is 0 Å². The second-order valence-electron chi connectivity index (χ2n) is 8.03. The Kier molecular flexibility index (Phi) is 16.5. The van der Waals surface area contributed by atoms with Crippen molar-refractivity contribution in [3.8, 4) is 0 Å². The lowest BCUT2D eigenvalue weighted by Crippen LogP contribution is -2.55. The molecule has 0 aliphatic rings. The van der Waals surface area contributed by atoms with Crippen molar-refractivity contribution in [3.63, 3.8) is 0 Å². The number of aliphatic hydroxyl groups excluding tert-OH is 3. The average Bonchev–Trinajstić information content (AvgIpc) is 2.62. The largest absolute Gasteiger partial charge is 0.547 e. The van der Waals surface area contributed by atoms with Crippen molar-refractivity contribution in [1.82, 2.24) is 0 Å². The third-order valence-corrected chi connectivity index (χ3v) is 5.43. The van der Waals surface area contributed by atoms with Gasteiger partial charge in [0.2, 0.25) is 0 Å². The molecule has 3 N–H and O–H groups in total. The smallest absolute Gasteiger partial charge is 0.252 e. The summed E-state index contributed by atoms with van der Waals surface area (Å²) in [5.41, 5.74) is 0. The Hall–Kier alpha value is -0.890. The van der Waals surface area contributed by atoms with Gasteiger partial charge in [0.1, 0.15) is 25.7 Å². The number of aliphatic hydroxyl groups is 3. The summed E-state index contributed by atoms with van der Waals surface area (Å²) in [6, 6.07) is 0. The molecular formula is C21H43NO6. The summed E-state index contributed by atoms with van der Waals surface area (Å²) >= 11 is 0. The number of quaternary nitrogens is 1. The minimum atomic E-state index is -1.46. The van der Waals surface area contributed by atoms with Gasteiger partial charge in [0.15, 0.2) is 0 Å². The quantitative estimate of drug-likeness (QED) is 0.172. The van der Waals surface area contributed by atoms with Crippen LogP contribution in [0, 0.1) is 0 Å². The molecule has 0 bridgehead atoms. The Labute approximate surface area is 170 Å². The molecule has 0 aromatic rings. The monoisotopic (exact) mass is 405 g/mol. The number of nitrogens with zero attached hydrogens (tertiary/aromatic N) is 1. The normalized spacial score (nSPS) is 14.0. The predicted molar refractivity (Wildman–Crippen MR) is 108 cm³/mol. The summed E-state index contributed by atoms with van der Waals surface area (Å²) in [5, 5.41) is 39.6. The lowest BCUT2D eigenvalue weighted by atomic mass is 10.0. The molecule has 0 aromatic carbocycles. The maximum absolute atomic E-state index is 10.5. The van der Waals surface area contributed by atoms with Gasteiger partial charge in [-0.3, -0.25) is 0 Å². The first-order valence-electron chi connectivity index (χ1n) is 11.0. The number of hydrogen-bond donors (Lipinski definition) is 3. The molecule has 0 aromatic heterocycles. The van der Waals surface area contributed by atoms with Crippen LogP contribution in [-0.4, -0.2) is 77.6 Å². The topological polar surface area (TPSA) is 110 Å². The molecule has 168 valence electrons. The van der Waals surface area contributed by atoms with Crippen molar-refractivity contribution in [1.29, 1.82) is 0 Å². The first-order chi connectivity index (χ1) is 13.4. The molecule has 7 nitrogen and oxygen atoms in total. The summed E-state index contributed by atoms with van der Waals surface area (Å²) in [4.78, 5) is 10.3. The molecule has 0 saturated heterocycles. The van der Waals surface area contributed by atoms with E-state index >= 15 is 0 Å². The molecule has 0 heterocycles. The van der Waals surface area contributed by atoms with Crippen LogP contribution in [0.15, 0.2) is 0 Å². The summed E-state index contributed by atoms with van der Waals surface area (Å²) < 4.78 is 5.16. The summed E-state index contributed by atoms with van der Waals surface area (Å²) in [6.45, 7) is 6.65. The van der Waals surface area contributed by atoms with Gasteiger partial charge in [-0.2, -0.15) is 0 Å². The Morgan fingerprint density at radius 1 is 0.929 bits per heavy atom. The zero-order chi connectivity index (χ0) is 21.3. The predicted octanol–water partition coefficient (Wildman–Crippen LogP) is 1.82. The van der Waals surface area contributed by atoms with Gasteiger partial charge in [0, 0.05) is 6.10 Å². The minimum Gasteiger partial charge on any atom is -0.547 e. The van der Waals surface area contributed by atoms with Crippen molar-refractivity contribution < 1.29 is 34.4 Å². The molecular weight excluding hydrogens is 362 g/mol. The van der Waals surface area contributed by atoms with E-state index in [1.807, 2.05) is 0 Å². The number of hydrogen-bond acceptors (Lipinski definition) is 6. The van der Waals surface area contributed by atoms with Gasteiger partial charge < -0.3 is 34.4 Å². The number of carboxylic acid groups (broad SMARTS) is 1. The van der Waals surface area contributed by atoms with E-state index in [0.29, 0.717) is 24.1 Å². The van der Waals surface area contributed by atoms with Gasteiger partial charge in [-0.25, -0.2) is 0 Å². The number of ether oxygens (including phenoxy) is 1. The van der Waals surface area contributed by atoms with E-state index in [1.54, 1.807) is 6.92 Å². The van der Waals surface area contributed by atoms with E-state index in [2.05, 4.69) is 11.7 Å². The third kappa shape index (κ3) is 14.2. The Balaban J connectivity index is 3.96. The number of rotatable bonds is 19. The van der Waals surface area contributed by atoms with Gasteiger partial charge in [-0.1, -0.05) is 51.9 Å². The van der Waals surface area contributed by atoms with Crippen LogP contribution in [0.3, 0.4) is 0 Å². The number of carbonyl (C=O) groups excluding carboxylic acids is 1. The number of unbranched alkanes of at least 4 members (excludes halogenated alkanes) is 6. The minimum absolute atomic E-state index is 0.0725. The van der Waals surface area contributed by atoms with Crippen LogP contribution in [0.2, 0.25) is 0 Å². The van der Waals surface area contributed by atoms with E-state index in [0.717, 1.165) is 70.8 Å². The van der Waals surface area contributed by atoms with E-state index in [1.165, 1.54) is 0 Å². The van der Waals surface area contributed by atoms with E-state index in [-0.39, 0.29) is 19.3 Å². The third-order valence-electron chi connectivity index (χ3n) is 5.43. The fourth-order valence-corrected chi connectivity index (χ4v) is 3.81. The molecule has 7 heteroatoms. The van der Waals surface area contributed by atoms with Crippen LogP contribution in [0.4, 0.5) is 4.79 Å².